The first kappa shape index (κ1) is 28.1. The third kappa shape index (κ3) is 9.61. The maximum Gasteiger partial charge on any atom is 0.325 e. The van der Waals surface area contributed by atoms with Crippen LogP contribution in [0.2, 0.25) is 0 Å². The average molecular weight is 463 g/mol. The van der Waals surface area contributed by atoms with E-state index in [1.165, 1.54) is 6.92 Å². The SMILES string of the molecule is CCC(C)C(NC(=O)C(N)CC(C)C)C(=O)NC(Cc1ccccc1)C(=O)NC(C)C(=O)O. The van der Waals surface area contributed by atoms with Crippen molar-refractivity contribution in [1.82, 2.24) is 16.0 Å². The Morgan fingerprint density at radius 2 is 1.52 bits per heavy atom. The third-order valence-corrected chi connectivity index (χ3v) is 5.50. The highest BCUT2D eigenvalue weighted by Gasteiger charge is 2.32. The van der Waals surface area contributed by atoms with Gasteiger partial charge >= 0.3 is 5.97 Å². The molecule has 9 nitrogen and oxygen atoms in total. The van der Waals surface area contributed by atoms with Gasteiger partial charge in [-0.15, -0.1) is 0 Å². The minimum absolute atomic E-state index is 0.165. The molecule has 0 heterocycles. The molecule has 9 heteroatoms. The highest BCUT2D eigenvalue weighted by Crippen LogP contribution is 2.11. The summed E-state index contributed by atoms with van der Waals surface area (Å²) in [6.45, 7) is 8.98. The highest BCUT2D eigenvalue weighted by molar-refractivity contribution is 5.94. The number of hydrogen-bond donors (Lipinski definition) is 5. The van der Waals surface area contributed by atoms with Crippen LogP contribution in [0.3, 0.4) is 0 Å². The Morgan fingerprint density at radius 1 is 0.909 bits per heavy atom. The van der Waals surface area contributed by atoms with Gasteiger partial charge in [-0.05, 0) is 30.7 Å². The lowest BCUT2D eigenvalue weighted by molar-refractivity contribution is -0.141. The Bertz CT molecular complexity index is 799. The fourth-order valence-corrected chi connectivity index (χ4v) is 3.27. The number of carbonyl (C=O) groups excluding carboxylic acids is 3. The molecular formula is C24H38N4O5. The number of nitrogens with two attached hydrogens (primary N) is 1. The van der Waals surface area contributed by atoms with Crippen LogP contribution >= 0.6 is 0 Å². The van der Waals surface area contributed by atoms with E-state index in [0.29, 0.717) is 12.8 Å². The minimum Gasteiger partial charge on any atom is -0.480 e. The highest BCUT2D eigenvalue weighted by atomic mass is 16.4. The maximum absolute atomic E-state index is 13.2. The number of carboxylic acid groups (broad SMARTS) is 1. The van der Waals surface area contributed by atoms with Gasteiger partial charge in [0.25, 0.3) is 0 Å². The molecule has 0 spiro atoms. The predicted molar refractivity (Wildman–Crippen MR) is 126 cm³/mol. The van der Waals surface area contributed by atoms with Crippen molar-refractivity contribution in [3.63, 3.8) is 0 Å². The second-order valence-corrected chi connectivity index (χ2v) is 8.93. The van der Waals surface area contributed by atoms with Crippen molar-refractivity contribution in [2.75, 3.05) is 0 Å². The van der Waals surface area contributed by atoms with E-state index in [2.05, 4.69) is 16.0 Å². The molecule has 33 heavy (non-hydrogen) atoms. The molecule has 1 aromatic rings. The molecule has 1 rings (SSSR count). The largest absolute Gasteiger partial charge is 0.480 e. The Morgan fingerprint density at radius 3 is 2.03 bits per heavy atom. The standard InChI is InChI=1S/C24H38N4O5/c1-6-15(4)20(28-21(29)18(25)12-14(2)3)23(31)27-19(13-17-10-8-7-9-11-17)22(30)26-16(5)24(32)33/h7-11,14-16,18-20H,6,12-13,25H2,1-5H3,(H,26,30)(H,27,31)(H,28,29)(H,32,33). The van der Waals surface area contributed by atoms with Gasteiger partial charge in [-0.2, -0.15) is 0 Å². The number of hydrogen-bond acceptors (Lipinski definition) is 5. The van der Waals surface area contributed by atoms with Crippen LogP contribution < -0.4 is 21.7 Å². The van der Waals surface area contributed by atoms with Gasteiger partial charge in [-0.25, -0.2) is 0 Å². The van der Waals surface area contributed by atoms with E-state index in [1.807, 2.05) is 58.0 Å². The molecule has 5 unspecified atom stereocenters. The van der Waals surface area contributed by atoms with Gasteiger partial charge in [0.2, 0.25) is 17.7 Å². The Labute approximate surface area is 195 Å². The zero-order valence-corrected chi connectivity index (χ0v) is 20.1. The van der Waals surface area contributed by atoms with Crippen LogP contribution in [0.1, 0.15) is 53.0 Å². The molecule has 0 fully saturated rings. The molecule has 0 aliphatic carbocycles. The topological polar surface area (TPSA) is 151 Å². The van der Waals surface area contributed by atoms with Crippen LogP contribution in [0.5, 0.6) is 0 Å². The minimum atomic E-state index is -1.18. The summed E-state index contributed by atoms with van der Waals surface area (Å²) >= 11 is 0. The van der Waals surface area contributed by atoms with Crippen molar-refractivity contribution in [3.8, 4) is 0 Å². The molecule has 0 bridgehead atoms. The first-order chi connectivity index (χ1) is 15.5. The van der Waals surface area contributed by atoms with E-state index >= 15 is 0 Å². The number of aliphatic carboxylic acids is 1. The second-order valence-electron chi connectivity index (χ2n) is 8.93. The van der Waals surface area contributed by atoms with Crippen LogP contribution in [0.25, 0.3) is 0 Å². The van der Waals surface area contributed by atoms with Crippen LogP contribution in [-0.4, -0.2) is 53.0 Å². The lowest BCUT2D eigenvalue weighted by Crippen LogP contribution is -2.59. The van der Waals surface area contributed by atoms with Crippen molar-refractivity contribution in [1.29, 1.82) is 0 Å². The second kappa shape index (κ2) is 13.6. The summed E-state index contributed by atoms with van der Waals surface area (Å²) in [5.41, 5.74) is 6.77. The summed E-state index contributed by atoms with van der Waals surface area (Å²) in [6.07, 6.45) is 1.26. The molecule has 0 aliphatic heterocycles. The summed E-state index contributed by atoms with van der Waals surface area (Å²) in [7, 11) is 0. The first-order valence-corrected chi connectivity index (χ1v) is 11.4. The summed E-state index contributed by atoms with van der Waals surface area (Å²) in [5.74, 6) is -2.73. The summed E-state index contributed by atoms with van der Waals surface area (Å²) in [5, 5.41) is 17.0. The number of carboxylic acids is 1. The summed E-state index contributed by atoms with van der Waals surface area (Å²) in [4.78, 5) is 49.8. The van der Waals surface area contributed by atoms with E-state index < -0.39 is 47.9 Å². The van der Waals surface area contributed by atoms with Crippen molar-refractivity contribution in [2.24, 2.45) is 17.6 Å². The Kier molecular flexibility index (Phi) is 11.6. The van der Waals surface area contributed by atoms with E-state index in [4.69, 9.17) is 10.8 Å². The van der Waals surface area contributed by atoms with Crippen molar-refractivity contribution in [3.05, 3.63) is 35.9 Å². The number of benzene rings is 1. The maximum atomic E-state index is 13.2. The first-order valence-electron chi connectivity index (χ1n) is 11.4. The van der Waals surface area contributed by atoms with Crippen LogP contribution in [0.15, 0.2) is 30.3 Å². The van der Waals surface area contributed by atoms with E-state index in [0.717, 1.165) is 5.56 Å². The fraction of sp³-hybridized carbons (Fsp3) is 0.583. The Balaban J connectivity index is 3.06. The number of carbonyl (C=O) groups is 4. The lowest BCUT2D eigenvalue weighted by Gasteiger charge is -2.28. The number of nitrogens with one attached hydrogen (secondary N) is 3. The number of amides is 3. The molecule has 0 aliphatic rings. The van der Waals surface area contributed by atoms with Gasteiger partial charge in [-0.1, -0.05) is 64.4 Å². The summed E-state index contributed by atoms with van der Waals surface area (Å²) in [6, 6.07) is 5.31. The molecule has 5 atom stereocenters. The fourth-order valence-electron chi connectivity index (χ4n) is 3.27. The quantitative estimate of drug-likeness (QED) is 0.297. The monoisotopic (exact) mass is 462 g/mol. The van der Waals surface area contributed by atoms with Gasteiger partial charge in [0.15, 0.2) is 0 Å². The Hall–Kier alpha value is -2.94. The van der Waals surface area contributed by atoms with Crippen molar-refractivity contribution in [2.45, 2.75) is 78.0 Å². The number of rotatable bonds is 13. The smallest absolute Gasteiger partial charge is 0.325 e. The molecule has 0 saturated carbocycles. The molecular weight excluding hydrogens is 424 g/mol. The average Bonchev–Trinajstić information content (AvgIpc) is 2.76. The molecule has 3 amide bonds. The van der Waals surface area contributed by atoms with E-state index in [9.17, 15) is 19.2 Å². The third-order valence-electron chi connectivity index (χ3n) is 5.50. The molecule has 0 saturated heterocycles. The van der Waals surface area contributed by atoms with Crippen LogP contribution in [0, 0.1) is 11.8 Å². The molecule has 6 N–H and O–H groups in total. The van der Waals surface area contributed by atoms with Crippen LogP contribution in [-0.2, 0) is 25.6 Å². The van der Waals surface area contributed by atoms with Gasteiger partial charge in [0.05, 0.1) is 6.04 Å². The van der Waals surface area contributed by atoms with Gasteiger partial charge in [0, 0.05) is 6.42 Å². The summed E-state index contributed by atoms with van der Waals surface area (Å²) < 4.78 is 0. The molecule has 0 aromatic heterocycles. The molecule has 1 aromatic carbocycles. The zero-order chi connectivity index (χ0) is 25.1. The van der Waals surface area contributed by atoms with E-state index in [1.54, 1.807) is 0 Å². The zero-order valence-electron chi connectivity index (χ0n) is 20.1. The van der Waals surface area contributed by atoms with Gasteiger partial charge < -0.3 is 26.8 Å². The lowest BCUT2D eigenvalue weighted by atomic mass is 9.96. The van der Waals surface area contributed by atoms with Crippen molar-refractivity contribution >= 4 is 23.7 Å². The van der Waals surface area contributed by atoms with Crippen molar-refractivity contribution < 1.29 is 24.3 Å². The molecule has 0 radical (unpaired) electrons. The van der Waals surface area contributed by atoms with Gasteiger partial charge in [0.1, 0.15) is 18.1 Å². The van der Waals surface area contributed by atoms with Gasteiger partial charge in [-0.3, -0.25) is 19.2 Å². The molecule has 184 valence electrons. The van der Waals surface area contributed by atoms with E-state index in [-0.39, 0.29) is 18.3 Å². The normalized spacial score (nSPS) is 15.6. The van der Waals surface area contributed by atoms with Crippen LogP contribution in [0.4, 0.5) is 0 Å². The predicted octanol–water partition coefficient (Wildman–Crippen LogP) is 1.21.